The number of rotatable bonds is 6. The van der Waals surface area contributed by atoms with E-state index in [1.54, 1.807) is 0 Å². The summed E-state index contributed by atoms with van der Waals surface area (Å²) in [4.78, 5) is 28.3. The fourth-order valence-corrected chi connectivity index (χ4v) is 2.13. The van der Waals surface area contributed by atoms with Crippen molar-refractivity contribution in [3.05, 3.63) is 58.3 Å². The van der Waals surface area contributed by atoms with Gasteiger partial charge in [-0.1, -0.05) is 31.5 Å². The van der Waals surface area contributed by atoms with Crippen LogP contribution in [0.1, 0.15) is 31.0 Å². The summed E-state index contributed by atoms with van der Waals surface area (Å²) in [5.74, 6) is -0.237. The highest BCUT2D eigenvalue weighted by Crippen LogP contribution is 2.12. The van der Waals surface area contributed by atoms with Crippen LogP contribution in [0, 0.1) is 6.92 Å². The summed E-state index contributed by atoms with van der Waals surface area (Å²) in [6.45, 7) is 3.98. The Balaban J connectivity index is 2.03. The number of hydrogen-bond acceptors (Lipinski definition) is 3. The largest absolute Gasteiger partial charge is 0.324 e. The minimum absolute atomic E-state index is 0.0335. The molecule has 22 heavy (non-hydrogen) atoms. The van der Waals surface area contributed by atoms with Crippen molar-refractivity contribution in [3.63, 3.8) is 0 Å². The van der Waals surface area contributed by atoms with Gasteiger partial charge >= 0.3 is 0 Å². The molecule has 116 valence electrons. The zero-order valence-corrected chi connectivity index (χ0v) is 13.0. The Kier molecular flexibility index (Phi) is 5.47. The van der Waals surface area contributed by atoms with Gasteiger partial charge in [0.15, 0.2) is 0 Å². The zero-order valence-electron chi connectivity index (χ0n) is 13.0. The summed E-state index contributed by atoms with van der Waals surface area (Å²) in [6.07, 6.45) is 4.31. The molecule has 0 unspecified atom stereocenters. The third-order valence-electron chi connectivity index (χ3n) is 3.46. The molecule has 1 amide bonds. The van der Waals surface area contributed by atoms with Gasteiger partial charge in [0.05, 0.1) is 6.33 Å². The molecule has 0 saturated heterocycles. The molecule has 0 bridgehead atoms. The van der Waals surface area contributed by atoms with Crippen LogP contribution >= 0.6 is 0 Å². The average molecular weight is 299 g/mol. The van der Waals surface area contributed by atoms with Crippen molar-refractivity contribution in [1.29, 1.82) is 0 Å². The molecule has 0 aliphatic carbocycles. The number of para-hydroxylation sites is 1. The number of carbonyl (C=O) groups excluding carboxylic acids is 1. The van der Waals surface area contributed by atoms with E-state index in [1.165, 1.54) is 17.0 Å². The second kappa shape index (κ2) is 7.54. The lowest BCUT2D eigenvalue weighted by molar-refractivity contribution is -0.116. The van der Waals surface area contributed by atoms with Crippen LogP contribution in [0.5, 0.6) is 0 Å². The second-order valence-corrected chi connectivity index (χ2v) is 5.31. The van der Waals surface area contributed by atoms with Crippen molar-refractivity contribution in [3.8, 4) is 0 Å². The Morgan fingerprint density at radius 1 is 1.32 bits per heavy atom. The monoisotopic (exact) mass is 299 g/mol. The lowest BCUT2D eigenvalue weighted by Gasteiger charge is -2.09. The van der Waals surface area contributed by atoms with Crippen LogP contribution < -0.4 is 10.9 Å². The van der Waals surface area contributed by atoms with E-state index in [0.717, 1.165) is 36.2 Å². The Labute approximate surface area is 130 Å². The van der Waals surface area contributed by atoms with Crippen LogP contribution in [-0.4, -0.2) is 15.5 Å². The Morgan fingerprint density at radius 2 is 2.09 bits per heavy atom. The Bertz CT molecular complexity index is 707. The highest BCUT2D eigenvalue weighted by Gasteiger charge is 2.07. The van der Waals surface area contributed by atoms with Gasteiger partial charge in [0.2, 0.25) is 5.91 Å². The molecular weight excluding hydrogens is 278 g/mol. The Hall–Kier alpha value is -2.43. The first kappa shape index (κ1) is 15.9. The molecule has 5 nitrogen and oxygen atoms in total. The average Bonchev–Trinajstić information content (AvgIpc) is 2.50. The van der Waals surface area contributed by atoms with Gasteiger partial charge < -0.3 is 5.32 Å². The highest BCUT2D eigenvalue weighted by atomic mass is 16.2. The maximum Gasteiger partial charge on any atom is 0.253 e. The van der Waals surface area contributed by atoms with E-state index in [0.29, 0.717) is 0 Å². The number of aromatic nitrogens is 2. The fraction of sp³-hybridized carbons (Fsp3) is 0.353. The predicted molar refractivity (Wildman–Crippen MR) is 86.9 cm³/mol. The molecule has 0 spiro atoms. The maximum atomic E-state index is 12.0. The lowest BCUT2D eigenvalue weighted by atomic mass is 10.2. The molecule has 1 heterocycles. The van der Waals surface area contributed by atoms with Gasteiger partial charge in [-0.25, -0.2) is 4.98 Å². The SMILES string of the molecule is CCCCc1cc(=O)n(CC(=O)Nc2ccccc2C)cn1. The number of nitrogens with zero attached hydrogens (tertiary/aromatic N) is 2. The zero-order chi connectivity index (χ0) is 15.9. The summed E-state index contributed by atoms with van der Waals surface area (Å²) in [6, 6.07) is 9.04. The van der Waals surface area contributed by atoms with Crippen molar-refractivity contribution in [2.45, 2.75) is 39.7 Å². The number of carbonyl (C=O) groups is 1. The number of amides is 1. The van der Waals surface area contributed by atoms with Gasteiger partial charge in [-0.3, -0.25) is 14.2 Å². The summed E-state index contributed by atoms with van der Waals surface area (Å²) in [5, 5.41) is 2.81. The van der Waals surface area contributed by atoms with Gasteiger partial charge in [-0.15, -0.1) is 0 Å². The molecule has 5 heteroatoms. The molecule has 1 aromatic carbocycles. The highest BCUT2D eigenvalue weighted by molar-refractivity contribution is 5.91. The van der Waals surface area contributed by atoms with E-state index in [4.69, 9.17) is 0 Å². The summed E-state index contributed by atoms with van der Waals surface area (Å²) >= 11 is 0. The quantitative estimate of drug-likeness (QED) is 0.891. The first-order valence-corrected chi connectivity index (χ1v) is 7.51. The smallest absolute Gasteiger partial charge is 0.253 e. The molecule has 0 saturated carbocycles. The van der Waals surface area contributed by atoms with Crippen LogP contribution in [0.15, 0.2) is 41.5 Å². The molecule has 2 aromatic rings. The number of benzene rings is 1. The topological polar surface area (TPSA) is 64.0 Å². The fourth-order valence-electron chi connectivity index (χ4n) is 2.13. The van der Waals surface area contributed by atoms with Crippen molar-refractivity contribution >= 4 is 11.6 Å². The standard InChI is InChI=1S/C17H21N3O2/c1-3-4-8-14-10-17(22)20(12-18-14)11-16(21)19-15-9-6-5-7-13(15)2/h5-7,9-10,12H,3-4,8,11H2,1-2H3,(H,19,21). The maximum absolute atomic E-state index is 12.0. The lowest BCUT2D eigenvalue weighted by Crippen LogP contribution is -2.28. The molecular formula is C17H21N3O2. The number of nitrogens with one attached hydrogen (secondary N) is 1. The first-order chi connectivity index (χ1) is 10.6. The van der Waals surface area contributed by atoms with Gasteiger partial charge in [-0.05, 0) is 31.4 Å². The predicted octanol–water partition coefficient (Wildman–Crippen LogP) is 2.53. The molecule has 1 N–H and O–H groups in total. The number of aryl methyl sites for hydroxylation is 2. The summed E-state index contributed by atoms with van der Waals surface area (Å²) in [7, 11) is 0. The van der Waals surface area contributed by atoms with Crippen molar-refractivity contribution in [1.82, 2.24) is 9.55 Å². The summed E-state index contributed by atoms with van der Waals surface area (Å²) < 4.78 is 1.32. The minimum Gasteiger partial charge on any atom is -0.324 e. The first-order valence-electron chi connectivity index (χ1n) is 7.51. The van der Waals surface area contributed by atoms with Crippen LogP contribution in [0.2, 0.25) is 0 Å². The Morgan fingerprint density at radius 3 is 2.77 bits per heavy atom. The molecule has 0 atom stereocenters. The van der Waals surface area contributed by atoms with Crippen LogP contribution in [0.3, 0.4) is 0 Å². The molecule has 0 aliphatic rings. The van der Waals surface area contributed by atoms with Crippen LogP contribution in [0.4, 0.5) is 5.69 Å². The van der Waals surface area contributed by atoms with Gasteiger partial charge in [0, 0.05) is 17.4 Å². The van der Waals surface area contributed by atoms with Crippen LogP contribution in [0.25, 0.3) is 0 Å². The van der Waals surface area contributed by atoms with Gasteiger partial charge in [-0.2, -0.15) is 0 Å². The third kappa shape index (κ3) is 4.28. The van der Waals surface area contributed by atoms with E-state index in [-0.39, 0.29) is 18.0 Å². The molecule has 2 rings (SSSR count). The number of unbranched alkanes of at least 4 members (excludes halogenated alkanes) is 1. The van der Waals surface area contributed by atoms with Crippen LogP contribution in [-0.2, 0) is 17.8 Å². The van der Waals surface area contributed by atoms with Crippen molar-refractivity contribution < 1.29 is 4.79 Å². The van der Waals surface area contributed by atoms with E-state index in [2.05, 4.69) is 17.2 Å². The van der Waals surface area contributed by atoms with E-state index < -0.39 is 0 Å². The minimum atomic E-state index is -0.237. The number of anilines is 1. The van der Waals surface area contributed by atoms with Crippen molar-refractivity contribution in [2.24, 2.45) is 0 Å². The van der Waals surface area contributed by atoms with Gasteiger partial charge in [0.1, 0.15) is 6.54 Å². The molecule has 1 aromatic heterocycles. The number of hydrogen-bond donors (Lipinski definition) is 1. The summed E-state index contributed by atoms with van der Waals surface area (Å²) in [5.41, 5.74) is 2.33. The molecule has 0 radical (unpaired) electrons. The normalized spacial score (nSPS) is 10.5. The third-order valence-corrected chi connectivity index (χ3v) is 3.46. The van der Waals surface area contributed by atoms with E-state index in [1.807, 2.05) is 31.2 Å². The van der Waals surface area contributed by atoms with Crippen molar-refractivity contribution in [2.75, 3.05) is 5.32 Å². The van der Waals surface area contributed by atoms with E-state index in [9.17, 15) is 9.59 Å². The van der Waals surface area contributed by atoms with Gasteiger partial charge in [0.25, 0.3) is 5.56 Å². The second-order valence-electron chi connectivity index (χ2n) is 5.31. The molecule has 0 aliphatic heterocycles. The molecule has 0 fully saturated rings. The van der Waals surface area contributed by atoms with E-state index >= 15 is 0 Å².